The molecule has 0 aliphatic rings. The fourth-order valence-corrected chi connectivity index (χ4v) is 12.9. The number of unbranched alkanes of at least 4 members (excludes halogenated alkanes) is 12. The number of anilines is 8. The average molecular weight is 1520 g/mol. The van der Waals surface area contributed by atoms with E-state index in [1.165, 1.54) is 73.6 Å². The second-order valence-electron chi connectivity index (χ2n) is 29.9. The Kier molecular flexibility index (Phi) is 36.0. The summed E-state index contributed by atoms with van der Waals surface area (Å²) < 4.78 is 7.63. The van der Waals surface area contributed by atoms with E-state index < -0.39 is 0 Å². The van der Waals surface area contributed by atoms with Crippen LogP contribution >= 0.6 is 0 Å². The summed E-state index contributed by atoms with van der Waals surface area (Å²) in [6, 6.07) is 49.7. The molecule has 0 fully saturated rings. The molecule has 24 heteroatoms. The van der Waals surface area contributed by atoms with E-state index in [2.05, 4.69) is 215 Å². The molecule has 8 heterocycles. The minimum Gasteiger partial charge on any atom is -0.370 e. The normalized spacial score (nSPS) is 11.3. The van der Waals surface area contributed by atoms with E-state index in [1.807, 2.05) is 91.4 Å². The molecule has 16 N–H and O–H groups in total. The molecule has 0 aliphatic heterocycles. The molecule has 4 aromatic carbocycles. The number of fused-ring (bicyclic) bond motifs is 4. The number of nitrogens with zero attached hydrogens (tertiary/aromatic N) is 12. The molecule has 24 nitrogen and oxygen atoms in total. The largest absolute Gasteiger partial charge is 0.370 e. The summed E-state index contributed by atoms with van der Waals surface area (Å²) in [6.45, 7) is 27.1. The van der Waals surface area contributed by atoms with Crippen LogP contribution in [0.4, 0.5) is 46.5 Å². The third-order valence-corrected chi connectivity index (χ3v) is 19.5. The van der Waals surface area contributed by atoms with E-state index in [-0.39, 0.29) is 0 Å². The molecule has 112 heavy (non-hydrogen) atoms. The summed E-state index contributed by atoms with van der Waals surface area (Å²) in [4.78, 5) is 19.3. The SMILES string of the molecule is CC(C)c1cnn2c(NCc3ccccc3)cc(NCCCCCCN)nc12.CC(C)c1cnn2c(NCc3ccccc3)cc(NCCCCCCN)nc12.CC(C)c1cnn2c(NCc3ccccc3)cc(NCCCCCCN)nc12.CC(C)c1cnn2c(NCc3ccccc3)cc(NCCCCCCN)nc12. The Hall–Kier alpha value is -10.4. The van der Waals surface area contributed by atoms with Gasteiger partial charge in [-0.1, -0.05) is 228 Å². The Balaban J connectivity index is 0.000000171. The number of benzene rings is 4. The fraction of sp³-hybridized carbons (Fsp3) is 0.455. The maximum atomic E-state index is 5.56. The molecule has 0 radical (unpaired) electrons. The van der Waals surface area contributed by atoms with Gasteiger partial charge in [0.15, 0.2) is 22.6 Å². The smallest absolute Gasteiger partial charge is 0.163 e. The van der Waals surface area contributed by atoms with E-state index >= 15 is 0 Å². The van der Waals surface area contributed by atoms with Gasteiger partial charge >= 0.3 is 0 Å². The highest BCUT2D eigenvalue weighted by Gasteiger charge is 2.19. The van der Waals surface area contributed by atoms with Crippen LogP contribution in [0.2, 0.25) is 0 Å². The molecule has 0 spiro atoms. The van der Waals surface area contributed by atoms with Gasteiger partial charge in [0.05, 0.1) is 24.8 Å². The molecule has 600 valence electrons. The lowest BCUT2D eigenvalue weighted by Crippen LogP contribution is -2.10. The summed E-state index contributed by atoms with van der Waals surface area (Å²) in [5.41, 5.74) is 35.5. The molecule has 0 amide bonds. The molecule has 0 atom stereocenters. The minimum atomic E-state index is 0.374. The highest BCUT2D eigenvalue weighted by Crippen LogP contribution is 2.30. The zero-order valence-electron chi connectivity index (χ0n) is 68.0. The van der Waals surface area contributed by atoms with Crippen molar-refractivity contribution in [3.8, 4) is 0 Å². The van der Waals surface area contributed by atoms with Crippen molar-refractivity contribution in [2.75, 3.05) is 94.9 Å². The van der Waals surface area contributed by atoms with Gasteiger partial charge < -0.3 is 65.5 Å². The molecule has 0 unspecified atom stereocenters. The average Bonchev–Trinajstić information content (AvgIpc) is 1.70. The number of aromatic nitrogens is 12. The van der Waals surface area contributed by atoms with Crippen LogP contribution in [0, 0.1) is 0 Å². The van der Waals surface area contributed by atoms with Crippen LogP contribution < -0.4 is 65.5 Å². The summed E-state index contributed by atoms with van der Waals surface area (Å²) in [5, 5.41) is 46.3. The number of hydrogen-bond acceptors (Lipinski definition) is 20. The van der Waals surface area contributed by atoms with Crippen molar-refractivity contribution in [2.45, 2.75) is 208 Å². The lowest BCUT2D eigenvalue weighted by molar-refractivity contribution is 0.661. The number of rotatable bonds is 44. The van der Waals surface area contributed by atoms with Crippen molar-refractivity contribution in [3.63, 3.8) is 0 Å². The van der Waals surface area contributed by atoms with Crippen molar-refractivity contribution in [2.24, 2.45) is 22.9 Å². The highest BCUT2D eigenvalue weighted by atomic mass is 15.3. The molecule has 0 aliphatic carbocycles. The summed E-state index contributed by atoms with van der Waals surface area (Å²) in [7, 11) is 0. The van der Waals surface area contributed by atoms with E-state index in [4.69, 9.17) is 42.9 Å². The maximum absolute atomic E-state index is 5.56. The third-order valence-electron chi connectivity index (χ3n) is 19.5. The lowest BCUT2D eigenvalue weighted by Gasteiger charge is -2.13. The molecule has 0 saturated heterocycles. The Morgan fingerprint density at radius 2 is 0.455 bits per heavy atom. The van der Waals surface area contributed by atoms with E-state index in [1.54, 1.807) is 0 Å². The molecular formula is C88H128N24. The Morgan fingerprint density at radius 1 is 0.259 bits per heavy atom. The first-order valence-corrected chi connectivity index (χ1v) is 41.2. The predicted octanol–water partition coefficient (Wildman–Crippen LogP) is 17.6. The Labute approximate surface area is 664 Å². The topological polar surface area (TPSA) is 321 Å². The molecule has 8 aromatic heterocycles. The number of nitrogens with one attached hydrogen (secondary N) is 8. The first kappa shape index (κ1) is 85.6. The zero-order chi connectivity index (χ0) is 79.1. The van der Waals surface area contributed by atoms with Gasteiger partial charge in [0.25, 0.3) is 0 Å². The van der Waals surface area contributed by atoms with Crippen LogP contribution in [0.1, 0.15) is 226 Å². The monoisotopic (exact) mass is 1520 g/mol. The van der Waals surface area contributed by atoms with Crippen LogP contribution in [0.3, 0.4) is 0 Å². The number of hydrogen-bond donors (Lipinski definition) is 12. The van der Waals surface area contributed by atoms with Crippen LogP contribution in [0.5, 0.6) is 0 Å². The maximum Gasteiger partial charge on any atom is 0.163 e. The van der Waals surface area contributed by atoms with E-state index in [9.17, 15) is 0 Å². The van der Waals surface area contributed by atoms with Gasteiger partial charge in [-0.05, 0) is 123 Å². The van der Waals surface area contributed by atoms with Gasteiger partial charge in [-0.3, -0.25) is 0 Å². The van der Waals surface area contributed by atoms with Crippen molar-refractivity contribution in [1.29, 1.82) is 0 Å². The van der Waals surface area contributed by atoms with Crippen LogP contribution in [-0.4, -0.2) is 111 Å². The highest BCUT2D eigenvalue weighted by molar-refractivity contribution is 5.65. The molecule has 0 bridgehead atoms. The predicted molar refractivity (Wildman–Crippen MR) is 467 cm³/mol. The Morgan fingerprint density at radius 3 is 0.643 bits per heavy atom. The summed E-state index contributed by atoms with van der Waals surface area (Å²) in [6.07, 6.45) is 26.1. The van der Waals surface area contributed by atoms with Gasteiger partial charge in [0, 0.05) is 98.9 Å². The second kappa shape index (κ2) is 47.1. The number of nitrogens with two attached hydrogens (primary N) is 4. The quantitative estimate of drug-likeness (QED) is 0.0158. The van der Waals surface area contributed by atoms with Gasteiger partial charge in [0.1, 0.15) is 46.5 Å². The standard InChI is InChI=1S/4C22H32N6/c4*1-17(2)19-16-26-28-21(25-15-18-10-6-5-7-11-18)14-20(27-22(19)28)24-13-9-4-3-8-12-23/h4*5-7,10-11,14,16-17,25H,3-4,8-9,12-13,15,23H2,1-2H3,(H,24,27). The van der Waals surface area contributed by atoms with Gasteiger partial charge in [0.2, 0.25) is 0 Å². The molecule has 12 aromatic rings. The van der Waals surface area contributed by atoms with Crippen molar-refractivity contribution >= 4 is 69.1 Å². The molecule has 0 saturated carbocycles. The van der Waals surface area contributed by atoms with Crippen molar-refractivity contribution in [3.05, 3.63) is 215 Å². The fourth-order valence-electron chi connectivity index (χ4n) is 12.9. The van der Waals surface area contributed by atoms with Crippen molar-refractivity contribution in [1.82, 2.24) is 58.4 Å². The van der Waals surface area contributed by atoms with Crippen LogP contribution in [-0.2, 0) is 26.2 Å². The van der Waals surface area contributed by atoms with Gasteiger partial charge in [-0.15, -0.1) is 0 Å². The minimum absolute atomic E-state index is 0.374. The van der Waals surface area contributed by atoms with Crippen molar-refractivity contribution < 1.29 is 0 Å². The molecule has 12 rings (SSSR count). The third kappa shape index (κ3) is 26.9. The van der Waals surface area contributed by atoms with Gasteiger partial charge in [-0.25, -0.2) is 19.9 Å². The first-order valence-electron chi connectivity index (χ1n) is 41.2. The Bertz CT molecular complexity index is 4010. The van der Waals surface area contributed by atoms with E-state index in [0.29, 0.717) is 23.7 Å². The first-order chi connectivity index (χ1) is 54.7. The van der Waals surface area contributed by atoms with Crippen LogP contribution in [0.25, 0.3) is 22.6 Å². The second-order valence-corrected chi connectivity index (χ2v) is 29.9. The van der Waals surface area contributed by atoms with Gasteiger partial charge in [-0.2, -0.15) is 38.5 Å². The van der Waals surface area contributed by atoms with E-state index in [0.717, 1.165) is 221 Å². The van der Waals surface area contributed by atoms with Crippen LogP contribution in [0.15, 0.2) is 170 Å². The lowest BCUT2D eigenvalue weighted by atomic mass is 10.1. The molecular weight excluding hydrogens is 1390 g/mol. The zero-order valence-corrected chi connectivity index (χ0v) is 68.0. The summed E-state index contributed by atoms with van der Waals surface area (Å²) in [5.74, 6) is 8.87. The summed E-state index contributed by atoms with van der Waals surface area (Å²) >= 11 is 0.